The molecule has 104 valence electrons. The summed E-state index contributed by atoms with van der Waals surface area (Å²) in [4.78, 5) is 22.3. The first-order valence-electron chi connectivity index (χ1n) is 6.16. The lowest BCUT2D eigenvalue weighted by Gasteiger charge is -2.20. The third-order valence-electron chi connectivity index (χ3n) is 2.42. The molecule has 0 radical (unpaired) electrons. The number of amides is 1. The van der Waals surface area contributed by atoms with E-state index in [9.17, 15) is 9.59 Å². The maximum atomic E-state index is 11.6. The first-order valence-corrected chi connectivity index (χ1v) is 6.16. The van der Waals surface area contributed by atoms with Crippen LogP contribution in [0, 0.1) is 0 Å². The van der Waals surface area contributed by atoms with Crippen molar-refractivity contribution in [2.45, 2.75) is 32.7 Å². The molecule has 5 heteroatoms. The van der Waals surface area contributed by atoms with Gasteiger partial charge in [-0.2, -0.15) is 0 Å². The molecule has 0 atom stereocenters. The van der Waals surface area contributed by atoms with Crippen molar-refractivity contribution in [2.24, 2.45) is 0 Å². The van der Waals surface area contributed by atoms with Crippen molar-refractivity contribution in [1.29, 1.82) is 0 Å². The van der Waals surface area contributed by atoms with E-state index in [1.165, 1.54) is 12.1 Å². The molecule has 0 aliphatic heterocycles. The number of carboxylic acid groups (broad SMARTS) is 1. The standard InChI is InChI=1S/C14H20N2O3/c1-14(2,3)15-9-8-12(17)16-11-6-4-10(5-7-11)13(18)19/h4-7,15H,8-9H2,1-3H3,(H,16,17)(H,18,19). The number of carbonyl (C=O) groups excluding carboxylic acids is 1. The van der Waals surface area contributed by atoms with Crippen molar-refractivity contribution >= 4 is 17.6 Å². The highest BCUT2D eigenvalue weighted by Gasteiger charge is 2.10. The van der Waals surface area contributed by atoms with Crippen LogP contribution in [0.15, 0.2) is 24.3 Å². The van der Waals surface area contributed by atoms with E-state index in [1.807, 2.05) is 20.8 Å². The first-order chi connectivity index (χ1) is 8.78. The van der Waals surface area contributed by atoms with Crippen LogP contribution in [0.4, 0.5) is 5.69 Å². The largest absolute Gasteiger partial charge is 0.478 e. The molecule has 0 unspecified atom stereocenters. The first kappa shape index (κ1) is 15.2. The lowest BCUT2D eigenvalue weighted by Crippen LogP contribution is -2.37. The Morgan fingerprint density at radius 3 is 2.21 bits per heavy atom. The van der Waals surface area contributed by atoms with E-state index in [0.29, 0.717) is 18.7 Å². The zero-order chi connectivity index (χ0) is 14.5. The molecule has 1 aromatic rings. The summed E-state index contributed by atoms with van der Waals surface area (Å²) in [5.41, 5.74) is 0.793. The van der Waals surface area contributed by atoms with E-state index < -0.39 is 5.97 Å². The second-order valence-electron chi connectivity index (χ2n) is 5.36. The van der Waals surface area contributed by atoms with Crippen molar-refractivity contribution in [2.75, 3.05) is 11.9 Å². The van der Waals surface area contributed by atoms with Crippen LogP contribution in [0.3, 0.4) is 0 Å². The van der Waals surface area contributed by atoms with Crippen LogP contribution < -0.4 is 10.6 Å². The lowest BCUT2D eigenvalue weighted by molar-refractivity contribution is -0.116. The Morgan fingerprint density at radius 1 is 1.16 bits per heavy atom. The fourth-order valence-electron chi connectivity index (χ4n) is 1.47. The molecule has 0 saturated carbocycles. The van der Waals surface area contributed by atoms with Gasteiger partial charge in [0.25, 0.3) is 0 Å². The fourth-order valence-corrected chi connectivity index (χ4v) is 1.47. The van der Waals surface area contributed by atoms with E-state index in [4.69, 9.17) is 5.11 Å². The molecular formula is C14H20N2O3. The SMILES string of the molecule is CC(C)(C)NCCC(=O)Nc1ccc(C(=O)O)cc1. The summed E-state index contributed by atoms with van der Waals surface area (Å²) in [6.07, 6.45) is 0.373. The van der Waals surface area contributed by atoms with Gasteiger partial charge in [-0.25, -0.2) is 4.79 Å². The predicted octanol–water partition coefficient (Wildman–Crippen LogP) is 2.10. The molecular weight excluding hydrogens is 244 g/mol. The number of carbonyl (C=O) groups is 2. The molecule has 0 heterocycles. The van der Waals surface area contributed by atoms with Crippen LogP contribution in [0.25, 0.3) is 0 Å². The third-order valence-corrected chi connectivity index (χ3v) is 2.42. The van der Waals surface area contributed by atoms with Gasteiger partial charge in [0.2, 0.25) is 5.91 Å². The number of carboxylic acids is 1. The molecule has 5 nitrogen and oxygen atoms in total. The molecule has 0 bridgehead atoms. The Bertz CT molecular complexity index is 447. The highest BCUT2D eigenvalue weighted by molar-refractivity contribution is 5.92. The number of nitrogens with one attached hydrogen (secondary N) is 2. The predicted molar refractivity (Wildman–Crippen MR) is 74.4 cm³/mol. The summed E-state index contributed by atoms with van der Waals surface area (Å²) in [5, 5.41) is 14.7. The summed E-state index contributed by atoms with van der Waals surface area (Å²) in [6.45, 7) is 6.71. The van der Waals surface area contributed by atoms with E-state index >= 15 is 0 Å². The number of anilines is 1. The number of aromatic carboxylic acids is 1. The molecule has 1 aromatic carbocycles. The molecule has 3 N–H and O–H groups in total. The van der Waals surface area contributed by atoms with E-state index in [-0.39, 0.29) is 17.0 Å². The molecule has 0 spiro atoms. The highest BCUT2D eigenvalue weighted by Crippen LogP contribution is 2.09. The van der Waals surface area contributed by atoms with Crippen LogP contribution >= 0.6 is 0 Å². The fraction of sp³-hybridized carbons (Fsp3) is 0.429. The molecule has 19 heavy (non-hydrogen) atoms. The van der Waals surface area contributed by atoms with Gasteiger partial charge < -0.3 is 15.7 Å². The minimum absolute atomic E-state index is 0.0105. The van der Waals surface area contributed by atoms with Crippen molar-refractivity contribution in [1.82, 2.24) is 5.32 Å². The minimum atomic E-state index is -0.979. The molecule has 1 amide bonds. The summed E-state index contributed by atoms with van der Waals surface area (Å²) >= 11 is 0. The van der Waals surface area contributed by atoms with Gasteiger partial charge in [-0.1, -0.05) is 0 Å². The van der Waals surface area contributed by atoms with E-state index in [2.05, 4.69) is 10.6 Å². The molecule has 0 aliphatic carbocycles. The second kappa shape index (κ2) is 6.33. The highest BCUT2D eigenvalue weighted by atomic mass is 16.4. The maximum Gasteiger partial charge on any atom is 0.335 e. The van der Waals surface area contributed by atoms with Crippen LogP contribution in [0.2, 0.25) is 0 Å². The van der Waals surface area contributed by atoms with Crippen LogP contribution in [-0.4, -0.2) is 29.1 Å². The Hall–Kier alpha value is -1.88. The molecule has 0 fully saturated rings. The van der Waals surface area contributed by atoms with Crippen molar-refractivity contribution < 1.29 is 14.7 Å². The summed E-state index contributed by atoms with van der Waals surface area (Å²) < 4.78 is 0. The van der Waals surface area contributed by atoms with E-state index in [0.717, 1.165) is 0 Å². The van der Waals surface area contributed by atoms with Crippen molar-refractivity contribution in [3.8, 4) is 0 Å². The Balaban J connectivity index is 2.42. The van der Waals surface area contributed by atoms with Gasteiger partial charge in [0.1, 0.15) is 0 Å². The smallest absolute Gasteiger partial charge is 0.335 e. The monoisotopic (exact) mass is 264 g/mol. The third kappa shape index (κ3) is 6.01. The summed E-state index contributed by atoms with van der Waals surface area (Å²) in [5.74, 6) is -1.08. The molecule has 1 rings (SSSR count). The number of hydrogen-bond acceptors (Lipinski definition) is 3. The number of benzene rings is 1. The Labute approximate surface area is 113 Å². The quantitative estimate of drug-likeness (QED) is 0.761. The average Bonchev–Trinajstić information content (AvgIpc) is 2.27. The van der Waals surface area contributed by atoms with Crippen molar-refractivity contribution in [3.63, 3.8) is 0 Å². The number of rotatable bonds is 5. The normalized spacial score (nSPS) is 11.1. The lowest BCUT2D eigenvalue weighted by atomic mass is 10.1. The van der Waals surface area contributed by atoms with Gasteiger partial charge in [0.05, 0.1) is 5.56 Å². The van der Waals surface area contributed by atoms with Gasteiger partial charge >= 0.3 is 5.97 Å². The average molecular weight is 264 g/mol. The van der Waals surface area contributed by atoms with Gasteiger partial charge in [-0.15, -0.1) is 0 Å². The van der Waals surface area contributed by atoms with Crippen LogP contribution in [-0.2, 0) is 4.79 Å². The van der Waals surface area contributed by atoms with Gasteiger partial charge in [0, 0.05) is 24.2 Å². The summed E-state index contributed by atoms with van der Waals surface area (Å²) in [7, 11) is 0. The Morgan fingerprint density at radius 2 is 1.74 bits per heavy atom. The molecule has 0 aliphatic rings. The molecule has 0 aromatic heterocycles. The Kier molecular flexibility index (Phi) is 5.06. The second-order valence-corrected chi connectivity index (χ2v) is 5.36. The zero-order valence-corrected chi connectivity index (χ0v) is 11.5. The molecule has 0 saturated heterocycles. The minimum Gasteiger partial charge on any atom is -0.478 e. The van der Waals surface area contributed by atoms with Gasteiger partial charge in [-0.05, 0) is 45.0 Å². The topological polar surface area (TPSA) is 78.4 Å². The van der Waals surface area contributed by atoms with Crippen LogP contribution in [0.1, 0.15) is 37.6 Å². The van der Waals surface area contributed by atoms with E-state index in [1.54, 1.807) is 12.1 Å². The van der Waals surface area contributed by atoms with Gasteiger partial charge in [0.15, 0.2) is 0 Å². The summed E-state index contributed by atoms with van der Waals surface area (Å²) in [6, 6.07) is 6.09. The van der Waals surface area contributed by atoms with Crippen LogP contribution in [0.5, 0.6) is 0 Å². The maximum absolute atomic E-state index is 11.6. The van der Waals surface area contributed by atoms with Crippen molar-refractivity contribution in [3.05, 3.63) is 29.8 Å². The number of hydrogen-bond donors (Lipinski definition) is 3. The van der Waals surface area contributed by atoms with Gasteiger partial charge in [-0.3, -0.25) is 4.79 Å². The zero-order valence-electron chi connectivity index (χ0n) is 11.5.